The first-order valence-electron chi connectivity index (χ1n) is 7.13. The van der Waals surface area contributed by atoms with Crippen LogP contribution in [0.4, 0.5) is 5.82 Å². The summed E-state index contributed by atoms with van der Waals surface area (Å²) in [5, 5.41) is 4.56. The van der Waals surface area contributed by atoms with Crippen molar-refractivity contribution < 1.29 is 0 Å². The summed E-state index contributed by atoms with van der Waals surface area (Å²) in [5.41, 5.74) is 1.09. The lowest BCUT2D eigenvalue weighted by Gasteiger charge is -2.06. The Morgan fingerprint density at radius 1 is 1.33 bits per heavy atom. The van der Waals surface area contributed by atoms with Crippen LogP contribution in [-0.4, -0.2) is 26.1 Å². The second kappa shape index (κ2) is 5.81. The second-order valence-electron chi connectivity index (χ2n) is 5.11. The fraction of sp³-hybridized carbons (Fsp3) is 0.400. The van der Waals surface area contributed by atoms with Crippen LogP contribution in [0.25, 0.3) is 10.2 Å². The number of nitrogens with one attached hydrogen (secondary N) is 1. The van der Waals surface area contributed by atoms with E-state index in [4.69, 9.17) is 0 Å². The molecule has 0 fully saturated rings. The smallest absolute Gasteiger partial charge is 0.138 e. The number of imidazole rings is 1. The Hall–Kier alpha value is -1.95. The molecule has 0 aliphatic rings. The van der Waals surface area contributed by atoms with Crippen molar-refractivity contribution in [2.75, 3.05) is 11.9 Å². The summed E-state index contributed by atoms with van der Waals surface area (Å²) in [4.78, 5) is 15.8. The maximum absolute atomic E-state index is 4.54. The fourth-order valence-electron chi connectivity index (χ4n) is 2.29. The molecule has 0 saturated carbocycles. The van der Waals surface area contributed by atoms with Crippen LogP contribution in [0.5, 0.6) is 0 Å². The van der Waals surface area contributed by atoms with Gasteiger partial charge in [-0.25, -0.2) is 15.0 Å². The first-order valence-corrected chi connectivity index (χ1v) is 7.95. The molecular weight excluding hydrogens is 282 g/mol. The largest absolute Gasteiger partial charge is 0.369 e. The number of aromatic nitrogens is 4. The van der Waals surface area contributed by atoms with Crippen molar-refractivity contribution in [3.8, 4) is 0 Å². The Morgan fingerprint density at radius 3 is 2.90 bits per heavy atom. The molecule has 0 saturated heterocycles. The van der Waals surface area contributed by atoms with Crippen molar-refractivity contribution >= 4 is 27.4 Å². The molecule has 1 N–H and O–H groups in total. The Bertz CT molecular complexity index is 759. The number of thiophene rings is 1. The maximum atomic E-state index is 4.54. The van der Waals surface area contributed by atoms with Crippen molar-refractivity contribution in [2.24, 2.45) is 7.05 Å². The van der Waals surface area contributed by atoms with E-state index in [0.29, 0.717) is 0 Å². The first kappa shape index (κ1) is 14.0. The van der Waals surface area contributed by atoms with Crippen molar-refractivity contribution in [3.63, 3.8) is 0 Å². The van der Waals surface area contributed by atoms with Gasteiger partial charge in [0, 0.05) is 31.1 Å². The first-order chi connectivity index (χ1) is 10.2. The summed E-state index contributed by atoms with van der Waals surface area (Å²) >= 11 is 1.75. The van der Waals surface area contributed by atoms with Crippen molar-refractivity contribution in [1.29, 1.82) is 0 Å². The van der Waals surface area contributed by atoms with Crippen LogP contribution >= 0.6 is 11.3 Å². The molecule has 0 aromatic carbocycles. The van der Waals surface area contributed by atoms with Crippen molar-refractivity contribution in [2.45, 2.75) is 26.7 Å². The minimum absolute atomic E-state index is 0.812. The molecule has 3 rings (SSSR count). The third-order valence-corrected chi connectivity index (χ3v) is 4.51. The molecule has 0 aliphatic carbocycles. The van der Waals surface area contributed by atoms with Crippen LogP contribution < -0.4 is 5.32 Å². The van der Waals surface area contributed by atoms with Crippen LogP contribution in [-0.2, 0) is 19.9 Å². The highest BCUT2D eigenvalue weighted by atomic mass is 32.1. The normalized spacial score (nSPS) is 11.2. The number of hydrogen-bond donors (Lipinski definition) is 1. The monoisotopic (exact) mass is 301 g/mol. The summed E-state index contributed by atoms with van der Waals surface area (Å²) < 4.78 is 1.97. The van der Waals surface area contributed by atoms with Gasteiger partial charge in [-0.2, -0.15) is 0 Å². The summed E-state index contributed by atoms with van der Waals surface area (Å²) in [6.45, 7) is 4.92. The molecule has 3 aromatic heterocycles. The molecule has 0 spiro atoms. The number of rotatable bonds is 5. The molecule has 3 heterocycles. The minimum atomic E-state index is 0.812. The lowest BCUT2D eigenvalue weighted by atomic mass is 10.3. The Labute approximate surface area is 128 Å². The zero-order chi connectivity index (χ0) is 14.8. The predicted octanol–water partition coefficient (Wildman–Crippen LogP) is 2.95. The zero-order valence-electron chi connectivity index (χ0n) is 12.6. The molecule has 110 valence electrons. The molecule has 0 aliphatic heterocycles. The van der Waals surface area contributed by atoms with Gasteiger partial charge in [0.2, 0.25) is 0 Å². The highest BCUT2D eigenvalue weighted by molar-refractivity contribution is 7.18. The molecule has 6 heteroatoms. The van der Waals surface area contributed by atoms with Gasteiger partial charge in [0.1, 0.15) is 16.5 Å². The average molecular weight is 301 g/mol. The second-order valence-corrected chi connectivity index (χ2v) is 6.23. The number of nitrogens with zero attached hydrogens (tertiary/aromatic N) is 4. The van der Waals surface area contributed by atoms with E-state index in [1.54, 1.807) is 11.3 Å². The zero-order valence-corrected chi connectivity index (χ0v) is 13.4. The van der Waals surface area contributed by atoms with E-state index in [9.17, 15) is 0 Å². The summed E-state index contributed by atoms with van der Waals surface area (Å²) in [7, 11) is 1.99. The van der Waals surface area contributed by atoms with Crippen LogP contribution in [0.3, 0.4) is 0 Å². The molecule has 0 radical (unpaired) electrons. The van der Waals surface area contributed by atoms with E-state index in [1.807, 2.05) is 31.1 Å². The topological polar surface area (TPSA) is 55.6 Å². The van der Waals surface area contributed by atoms with Crippen molar-refractivity contribution in [1.82, 2.24) is 19.5 Å². The standard InChI is InChI=1S/C15H19N5S/c1-4-12-7-13-14(18-10(2)19-15(13)21-12)16-6-5-11-8-20(3)9-17-11/h7-9H,4-6H2,1-3H3,(H,16,18,19). The third-order valence-electron chi connectivity index (χ3n) is 3.34. The highest BCUT2D eigenvalue weighted by Gasteiger charge is 2.09. The van der Waals surface area contributed by atoms with Crippen LogP contribution in [0.15, 0.2) is 18.6 Å². The Balaban J connectivity index is 1.77. The van der Waals surface area contributed by atoms with E-state index in [2.05, 4.69) is 33.3 Å². The van der Waals surface area contributed by atoms with E-state index in [0.717, 1.165) is 46.9 Å². The molecule has 0 atom stereocenters. The SMILES string of the molecule is CCc1cc2c(NCCc3cn(C)cn3)nc(C)nc2s1. The van der Waals surface area contributed by atoms with E-state index >= 15 is 0 Å². The minimum Gasteiger partial charge on any atom is -0.369 e. The summed E-state index contributed by atoms with van der Waals surface area (Å²) in [6, 6.07) is 2.20. The molecule has 0 unspecified atom stereocenters. The van der Waals surface area contributed by atoms with Gasteiger partial charge >= 0.3 is 0 Å². The van der Waals surface area contributed by atoms with E-state index in [1.165, 1.54) is 4.88 Å². The van der Waals surface area contributed by atoms with Gasteiger partial charge in [0.05, 0.1) is 17.4 Å². The highest BCUT2D eigenvalue weighted by Crippen LogP contribution is 2.29. The molecule has 5 nitrogen and oxygen atoms in total. The Morgan fingerprint density at radius 2 is 2.19 bits per heavy atom. The number of anilines is 1. The van der Waals surface area contributed by atoms with Gasteiger partial charge < -0.3 is 9.88 Å². The average Bonchev–Trinajstić information content (AvgIpc) is 3.04. The van der Waals surface area contributed by atoms with Gasteiger partial charge in [-0.15, -0.1) is 11.3 Å². The van der Waals surface area contributed by atoms with Gasteiger partial charge in [-0.3, -0.25) is 0 Å². The fourth-order valence-corrected chi connectivity index (χ4v) is 3.30. The van der Waals surface area contributed by atoms with Gasteiger partial charge in [0.15, 0.2) is 0 Å². The maximum Gasteiger partial charge on any atom is 0.138 e. The number of hydrogen-bond acceptors (Lipinski definition) is 5. The Kier molecular flexibility index (Phi) is 3.88. The molecule has 3 aromatic rings. The number of aryl methyl sites for hydroxylation is 3. The van der Waals surface area contributed by atoms with Crippen LogP contribution in [0.1, 0.15) is 23.3 Å². The third kappa shape index (κ3) is 3.05. The lowest BCUT2D eigenvalue weighted by Crippen LogP contribution is -2.07. The summed E-state index contributed by atoms with van der Waals surface area (Å²) in [6.07, 6.45) is 5.79. The van der Waals surface area contributed by atoms with Crippen LogP contribution in [0, 0.1) is 6.92 Å². The van der Waals surface area contributed by atoms with E-state index in [-0.39, 0.29) is 0 Å². The predicted molar refractivity (Wildman–Crippen MR) is 86.9 cm³/mol. The van der Waals surface area contributed by atoms with Gasteiger partial charge in [-0.1, -0.05) is 6.92 Å². The van der Waals surface area contributed by atoms with Crippen LogP contribution in [0.2, 0.25) is 0 Å². The van der Waals surface area contributed by atoms with Gasteiger partial charge in [0.25, 0.3) is 0 Å². The molecule has 0 bridgehead atoms. The molecule has 0 amide bonds. The van der Waals surface area contributed by atoms with Crippen molar-refractivity contribution in [3.05, 3.63) is 35.0 Å². The van der Waals surface area contributed by atoms with Gasteiger partial charge in [-0.05, 0) is 19.4 Å². The summed E-state index contributed by atoms with van der Waals surface area (Å²) in [5.74, 6) is 1.75. The van der Waals surface area contributed by atoms with E-state index < -0.39 is 0 Å². The molecular formula is C15H19N5S. The molecule has 21 heavy (non-hydrogen) atoms. The quantitative estimate of drug-likeness (QED) is 0.787. The number of fused-ring (bicyclic) bond motifs is 1. The lowest BCUT2D eigenvalue weighted by molar-refractivity contribution is 0.910.